The molecule has 0 fully saturated rings. The topological polar surface area (TPSA) is 37.1 Å². The average Bonchev–Trinajstić information content (AvgIpc) is 2.38. The first-order valence-electron chi connectivity index (χ1n) is 5.58. The lowest BCUT2D eigenvalue weighted by Crippen LogP contribution is -2.25. The Morgan fingerprint density at radius 1 is 1.37 bits per heavy atom. The van der Waals surface area contributed by atoms with Crippen molar-refractivity contribution >= 4 is 41.1 Å². The number of nitrogens with zero attached hydrogens (tertiary/aromatic N) is 1. The largest absolute Gasteiger partial charge is 0.287 e. The summed E-state index contributed by atoms with van der Waals surface area (Å²) in [4.78, 5) is 22.7. The van der Waals surface area contributed by atoms with E-state index in [2.05, 4.69) is 0 Å². The summed E-state index contributed by atoms with van der Waals surface area (Å²) < 4.78 is 1.73. The van der Waals surface area contributed by atoms with Crippen LogP contribution < -0.4 is 0 Å². The number of carbonyl (C=O) groups is 1. The van der Waals surface area contributed by atoms with Gasteiger partial charge in [-0.2, -0.15) is 0 Å². The van der Waals surface area contributed by atoms with Gasteiger partial charge in [-0.05, 0) is 24.3 Å². The summed E-state index contributed by atoms with van der Waals surface area (Å²) in [7, 11) is 0. The van der Waals surface area contributed by atoms with Gasteiger partial charge in [0.2, 0.25) is 12.3 Å². The van der Waals surface area contributed by atoms with Gasteiger partial charge in [-0.3, -0.25) is 4.79 Å². The lowest BCUT2D eigenvalue weighted by Gasteiger charge is -2.06. The van der Waals surface area contributed by atoms with Crippen molar-refractivity contribution in [2.45, 2.75) is 0 Å². The molecule has 1 aromatic rings. The fourth-order valence-electron chi connectivity index (χ4n) is 1.77. The number of ketones is 1. The molecule has 5 heteroatoms. The number of halogens is 2. The van der Waals surface area contributed by atoms with Crippen LogP contribution in [0.5, 0.6) is 0 Å². The molecule has 0 bridgehead atoms. The Morgan fingerprint density at radius 2 is 2.16 bits per heavy atom. The van der Waals surface area contributed by atoms with Crippen molar-refractivity contribution in [3.05, 3.63) is 51.5 Å². The quantitative estimate of drug-likeness (QED) is 0.488. The number of rotatable bonds is 3. The van der Waals surface area contributed by atoms with Crippen LogP contribution in [0.25, 0.3) is 0 Å². The van der Waals surface area contributed by atoms with E-state index in [1.807, 2.05) is 5.94 Å². The van der Waals surface area contributed by atoms with Gasteiger partial charge in [0.05, 0.1) is 5.02 Å². The Bertz CT molecular complexity index is 641. The third kappa shape index (κ3) is 3.42. The number of allylic oxidation sites excluding steroid dienone is 1. The van der Waals surface area contributed by atoms with Crippen molar-refractivity contribution < 1.29 is 14.2 Å². The molecule has 0 saturated heterocycles. The number of Topliss-reactive ketones (excluding diaryl/α,β-unsaturated/α-hetero) is 1. The average molecular weight is 295 g/mol. The molecule has 0 aliphatic carbocycles. The van der Waals surface area contributed by atoms with Crippen LogP contribution in [0.3, 0.4) is 0 Å². The van der Waals surface area contributed by atoms with E-state index in [9.17, 15) is 9.59 Å². The molecule has 1 aliphatic heterocycles. The zero-order valence-corrected chi connectivity index (χ0v) is 11.4. The highest BCUT2D eigenvalue weighted by Crippen LogP contribution is 2.21. The summed E-state index contributed by atoms with van der Waals surface area (Å²) in [5, 5.41) is 0.816. The van der Waals surface area contributed by atoms with E-state index in [1.165, 1.54) is 6.07 Å². The normalized spacial score (nSPS) is 14.0. The second kappa shape index (κ2) is 5.98. The lowest BCUT2D eigenvalue weighted by molar-refractivity contribution is -0.501. The van der Waals surface area contributed by atoms with Gasteiger partial charge in [0.15, 0.2) is 12.8 Å². The molecule has 0 saturated carbocycles. The standard InChI is InChI=1S/C14H10Cl2NO2/c15-11-3-4-12(13(16)6-11)14(19)8-17-5-1-2-10(7-17)9-18/h1-6H,7-8H2/q+1. The second-order valence-corrected chi connectivity index (χ2v) is 4.93. The molecule has 1 aromatic carbocycles. The van der Waals surface area contributed by atoms with Crippen molar-refractivity contribution in [2.24, 2.45) is 0 Å². The van der Waals surface area contributed by atoms with Gasteiger partial charge in [0, 0.05) is 16.7 Å². The first kappa shape index (κ1) is 13.8. The molecule has 1 aliphatic rings. The van der Waals surface area contributed by atoms with Crippen LogP contribution >= 0.6 is 23.2 Å². The molecule has 0 N–H and O–H groups in total. The van der Waals surface area contributed by atoms with E-state index >= 15 is 0 Å². The molecular formula is C14H10Cl2NO2+. The first-order valence-corrected chi connectivity index (χ1v) is 6.33. The number of carbonyl (C=O) groups excluding carboxylic acids is 2. The number of benzene rings is 1. The van der Waals surface area contributed by atoms with E-state index in [-0.39, 0.29) is 12.3 Å². The van der Waals surface area contributed by atoms with Crippen LogP contribution in [0.2, 0.25) is 10.0 Å². The summed E-state index contributed by atoms with van der Waals surface area (Å²) >= 11 is 11.8. The Labute approximate surface area is 120 Å². The van der Waals surface area contributed by atoms with Crippen LogP contribution in [0, 0.1) is 0 Å². The van der Waals surface area contributed by atoms with Gasteiger partial charge in [-0.15, -0.1) is 0 Å². The summed E-state index contributed by atoms with van der Waals surface area (Å²) in [5.41, 5.74) is 0.933. The predicted molar refractivity (Wildman–Crippen MR) is 75.2 cm³/mol. The molecule has 0 spiro atoms. The first-order chi connectivity index (χ1) is 9.10. The van der Waals surface area contributed by atoms with Crippen molar-refractivity contribution in [3.8, 4) is 0 Å². The second-order valence-electron chi connectivity index (χ2n) is 4.09. The molecule has 0 radical (unpaired) electrons. The van der Waals surface area contributed by atoms with Gasteiger partial charge in [0.25, 0.3) is 0 Å². The Morgan fingerprint density at radius 3 is 2.84 bits per heavy atom. The van der Waals surface area contributed by atoms with Crippen LogP contribution in [0.15, 0.2) is 35.9 Å². The molecule has 0 atom stereocenters. The van der Waals surface area contributed by atoms with E-state index < -0.39 is 0 Å². The summed E-state index contributed by atoms with van der Waals surface area (Å²) in [5.74, 6) is 1.70. The van der Waals surface area contributed by atoms with Crippen LogP contribution in [-0.2, 0) is 4.79 Å². The maximum absolute atomic E-state index is 12.1. The molecule has 19 heavy (non-hydrogen) atoms. The predicted octanol–water partition coefficient (Wildman–Crippen LogP) is 2.59. The van der Waals surface area contributed by atoms with Gasteiger partial charge >= 0.3 is 0 Å². The Balaban J connectivity index is 2.16. The third-order valence-electron chi connectivity index (χ3n) is 2.68. The highest BCUT2D eigenvalue weighted by Gasteiger charge is 2.19. The number of hydrogen-bond acceptors (Lipinski definition) is 2. The zero-order chi connectivity index (χ0) is 13.8. The van der Waals surface area contributed by atoms with E-state index in [0.717, 1.165) is 0 Å². The minimum atomic E-state index is -0.126. The summed E-state index contributed by atoms with van der Waals surface area (Å²) in [6.45, 7) is 0.522. The van der Waals surface area contributed by atoms with Gasteiger partial charge in [-0.25, -0.2) is 9.37 Å². The van der Waals surface area contributed by atoms with Crippen molar-refractivity contribution in [3.63, 3.8) is 0 Å². The Kier molecular flexibility index (Phi) is 4.33. The van der Waals surface area contributed by atoms with Crippen LogP contribution in [-0.4, -0.2) is 35.6 Å². The highest BCUT2D eigenvalue weighted by molar-refractivity contribution is 6.36. The maximum atomic E-state index is 12.1. The minimum absolute atomic E-state index is 0.126. The van der Waals surface area contributed by atoms with Gasteiger partial charge in [0.1, 0.15) is 11.5 Å². The molecule has 0 unspecified atom stereocenters. The summed E-state index contributed by atoms with van der Waals surface area (Å²) in [6.07, 6.45) is 5.13. The maximum Gasteiger partial charge on any atom is 0.228 e. The van der Waals surface area contributed by atoms with E-state index in [1.54, 1.807) is 35.1 Å². The number of hydrogen-bond donors (Lipinski definition) is 0. The monoisotopic (exact) mass is 294 g/mol. The van der Waals surface area contributed by atoms with Crippen molar-refractivity contribution in [1.29, 1.82) is 0 Å². The molecule has 3 nitrogen and oxygen atoms in total. The zero-order valence-electron chi connectivity index (χ0n) is 9.90. The van der Waals surface area contributed by atoms with E-state index in [4.69, 9.17) is 23.2 Å². The van der Waals surface area contributed by atoms with Crippen LogP contribution in [0.1, 0.15) is 10.4 Å². The van der Waals surface area contributed by atoms with Gasteiger partial charge < -0.3 is 0 Å². The molecule has 0 aromatic heterocycles. The van der Waals surface area contributed by atoms with Crippen molar-refractivity contribution in [2.75, 3.05) is 13.1 Å². The third-order valence-corrected chi connectivity index (χ3v) is 3.22. The smallest absolute Gasteiger partial charge is 0.228 e. The minimum Gasteiger partial charge on any atom is -0.287 e. The molecule has 0 amide bonds. The Hall–Kier alpha value is -1.67. The van der Waals surface area contributed by atoms with Crippen molar-refractivity contribution in [1.82, 2.24) is 0 Å². The molecule has 96 valence electrons. The highest BCUT2D eigenvalue weighted by atomic mass is 35.5. The fourth-order valence-corrected chi connectivity index (χ4v) is 2.28. The lowest BCUT2D eigenvalue weighted by atomic mass is 10.1. The van der Waals surface area contributed by atoms with E-state index in [0.29, 0.717) is 27.7 Å². The van der Waals surface area contributed by atoms with Gasteiger partial charge in [-0.1, -0.05) is 23.2 Å². The molecule has 1 heterocycles. The van der Waals surface area contributed by atoms with Crippen LogP contribution in [0.4, 0.5) is 0 Å². The fraction of sp³-hybridized carbons (Fsp3) is 0.143. The molecule has 2 rings (SSSR count). The molecular weight excluding hydrogens is 285 g/mol. The SMILES string of the molecule is O=C=C1C=CC=[N+](CC(=O)c2ccc(Cl)cc2Cl)C1. The summed E-state index contributed by atoms with van der Waals surface area (Å²) in [6, 6.07) is 4.76.